The third kappa shape index (κ3) is 2.94. The van der Waals surface area contributed by atoms with Crippen LogP contribution in [0.5, 0.6) is 5.75 Å². The maximum absolute atomic E-state index is 13.1. The maximum atomic E-state index is 13.1. The first-order valence-electron chi connectivity index (χ1n) is 5.90. The monoisotopic (exact) mass is 275 g/mol. The summed E-state index contributed by atoms with van der Waals surface area (Å²) in [5.41, 5.74) is 6.68. The summed E-state index contributed by atoms with van der Waals surface area (Å²) in [5, 5.41) is 10.1. The van der Waals surface area contributed by atoms with Crippen molar-refractivity contribution in [3.05, 3.63) is 29.6 Å². The second-order valence-electron chi connectivity index (χ2n) is 4.59. The molecule has 1 aromatic carbocycles. The molecule has 5 heteroatoms. The first-order valence-corrected chi connectivity index (χ1v) is 5.90. The van der Waals surface area contributed by atoms with Gasteiger partial charge in [-0.05, 0) is 24.8 Å². The van der Waals surface area contributed by atoms with Gasteiger partial charge in [-0.3, -0.25) is 0 Å². The lowest BCUT2D eigenvalue weighted by Gasteiger charge is -2.34. The van der Waals surface area contributed by atoms with Crippen LogP contribution in [0.15, 0.2) is 18.2 Å². The highest BCUT2D eigenvalue weighted by Crippen LogP contribution is 2.36. The average Bonchev–Trinajstić information content (AvgIpc) is 2.25. The van der Waals surface area contributed by atoms with E-state index in [9.17, 15) is 9.50 Å². The Bertz CT molecular complexity index is 399. The number of aliphatic hydroxyl groups excluding tert-OH is 1. The Morgan fingerprint density at radius 1 is 1.44 bits per heavy atom. The molecule has 2 atom stereocenters. The number of halogens is 2. The molecule has 1 saturated carbocycles. The minimum atomic E-state index is -0.580. The van der Waals surface area contributed by atoms with Gasteiger partial charge >= 0.3 is 0 Å². The van der Waals surface area contributed by atoms with Crippen LogP contribution in [-0.2, 0) is 0 Å². The predicted octanol–water partition coefficient (Wildman–Crippen LogP) is 2.42. The first-order chi connectivity index (χ1) is 8.13. The number of ether oxygens (including phenoxy) is 1. The molecule has 0 aromatic heterocycles. The van der Waals surface area contributed by atoms with Gasteiger partial charge < -0.3 is 15.6 Å². The molecule has 1 aliphatic carbocycles. The second-order valence-corrected chi connectivity index (χ2v) is 4.59. The van der Waals surface area contributed by atoms with Gasteiger partial charge in [-0.1, -0.05) is 12.5 Å². The van der Waals surface area contributed by atoms with Crippen molar-refractivity contribution in [2.75, 3.05) is 7.11 Å². The van der Waals surface area contributed by atoms with Gasteiger partial charge in [0.05, 0.1) is 19.3 Å². The van der Waals surface area contributed by atoms with Crippen molar-refractivity contribution in [2.45, 2.75) is 31.4 Å². The van der Waals surface area contributed by atoms with Crippen LogP contribution in [0.3, 0.4) is 0 Å². The normalized spacial score (nSPS) is 18.4. The minimum Gasteiger partial charge on any atom is -0.496 e. The summed E-state index contributed by atoms with van der Waals surface area (Å²) in [4.78, 5) is 0. The zero-order valence-electron chi connectivity index (χ0n) is 10.3. The predicted molar refractivity (Wildman–Crippen MR) is 70.5 cm³/mol. The van der Waals surface area contributed by atoms with Crippen molar-refractivity contribution in [1.82, 2.24) is 0 Å². The van der Waals surface area contributed by atoms with Gasteiger partial charge in [-0.25, -0.2) is 4.39 Å². The van der Waals surface area contributed by atoms with Crippen LogP contribution in [0.2, 0.25) is 0 Å². The molecule has 0 radical (unpaired) electrons. The number of hydrogen-bond acceptors (Lipinski definition) is 3. The van der Waals surface area contributed by atoms with Crippen molar-refractivity contribution in [3.63, 3.8) is 0 Å². The Kier molecular flexibility index (Phi) is 5.38. The molecule has 3 N–H and O–H groups in total. The fourth-order valence-corrected chi connectivity index (χ4v) is 2.22. The minimum absolute atomic E-state index is 0. The van der Waals surface area contributed by atoms with Crippen LogP contribution >= 0.6 is 12.4 Å². The van der Waals surface area contributed by atoms with E-state index < -0.39 is 12.1 Å². The highest BCUT2D eigenvalue weighted by molar-refractivity contribution is 5.85. The average molecular weight is 276 g/mol. The van der Waals surface area contributed by atoms with Gasteiger partial charge in [0.25, 0.3) is 0 Å². The van der Waals surface area contributed by atoms with Crippen molar-refractivity contribution < 1.29 is 14.2 Å². The van der Waals surface area contributed by atoms with Crippen LogP contribution in [0, 0.1) is 11.7 Å². The first kappa shape index (κ1) is 15.2. The van der Waals surface area contributed by atoms with E-state index in [1.54, 1.807) is 6.07 Å². The lowest BCUT2D eigenvalue weighted by molar-refractivity contribution is 0.0407. The Morgan fingerprint density at radius 3 is 2.61 bits per heavy atom. The van der Waals surface area contributed by atoms with Gasteiger partial charge in [0.1, 0.15) is 11.6 Å². The lowest BCUT2D eigenvalue weighted by Crippen LogP contribution is -2.36. The number of aliphatic hydroxyl groups is 1. The molecular formula is C13H19ClFNO2. The highest BCUT2D eigenvalue weighted by atomic mass is 35.5. The molecule has 0 spiro atoms. The third-order valence-electron chi connectivity index (χ3n) is 3.56. The Hall–Kier alpha value is -0.840. The molecule has 0 aliphatic heterocycles. The van der Waals surface area contributed by atoms with Gasteiger partial charge in [-0.15, -0.1) is 12.4 Å². The lowest BCUT2D eigenvalue weighted by atomic mass is 9.77. The SMILES string of the molecule is COc1cc(F)ccc1[C@@H](N)[C@@H](O)C1CCC1.Cl. The van der Waals surface area contributed by atoms with Crippen LogP contribution in [0.25, 0.3) is 0 Å². The van der Waals surface area contributed by atoms with Gasteiger partial charge in [0.15, 0.2) is 0 Å². The molecule has 1 fully saturated rings. The number of benzene rings is 1. The van der Waals surface area contributed by atoms with E-state index in [0.29, 0.717) is 11.3 Å². The summed E-state index contributed by atoms with van der Waals surface area (Å²) in [6.45, 7) is 0. The zero-order valence-corrected chi connectivity index (χ0v) is 11.1. The third-order valence-corrected chi connectivity index (χ3v) is 3.56. The van der Waals surface area contributed by atoms with E-state index in [2.05, 4.69) is 0 Å². The molecule has 2 rings (SSSR count). The molecule has 3 nitrogen and oxygen atoms in total. The molecule has 18 heavy (non-hydrogen) atoms. The van der Waals surface area contributed by atoms with Gasteiger partial charge in [-0.2, -0.15) is 0 Å². The van der Waals surface area contributed by atoms with Crippen molar-refractivity contribution in [2.24, 2.45) is 11.7 Å². The van der Waals surface area contributed by atoms with E-state index in [0.717, 1.165) is 19.3 Å². The fraction of sp³-hybridized carbons (Fsp3) is 0.538. The summed E-state index contributed by atoms with van der Waals surface area (Å²) >= 11 is 0. The van der Waals surface area contributed by atoms with Crippen molar-refractivity contribution in [1.29, 1.82) is 0 Å². The number of methoxy groups -OCH3 is 1. The summed E-state index contributed by atoms with van der Waals surface area (Å²) in [5.74, 6) is 0.298. The Labute approximate surface area is 113 Å². The highest BCUT2D eigenvalue weighted by Gasteiger charge is 2.31. The van der Waals surface area contributed by atoms with Gasteiger partial charge in [0.2, 0.25) is 0 Å². The fourth-order valence-electron chi connectivity index (χ4n) is 2.22. The zero-order chi connectivity index (χ0) is 12.4. The molecule has 1 aliphatic rings. The van der Waals surface area contributed by atoms with E-state index in [1.165, 1.54) is 19.2 Å². The van der Waals surface area contributed by atoms with Crippen molar-refractivity contribution >= 4 is 12.4 Å². The molecule has 0 bridgehead atoms. The van der Waals surface area contributed by atoms with E-state index in [4.69, 9.17) is 10.5 Å². The maximum Gasteiger partial charge on any atom is 0.126 e. The van der Waals surface area contributed by atoms with Crippen LogP contribution in [0.4, 0.5) is 4.39 Å². The summed E-state index contributed by atoms with van der Waals surface area (Å²) in [7, 11) is 1.47. The van der Waals surface area contributed by atoms with E-state index >= 15 is 0 Å². The standard InChI is InChI=1S/C13H18FNO2.ClH/c1-17-11-7-9(14)5-6-10(11)12(15)13(16)8-3-2-4-8;/h5-8,12-13,16H,2-4,15H2,1H3;1H/t12-,13+;/m1./s1. The molecule has 0 amide bonds. The smallest absolute Gasteiger partial charge is 0.126 e. The molecular weight excluding hydrogens is 257 g/mol. The Morgan fingerprint density at radius 2 is 2.11 bits per heavy atom. The number of nitrogens with two attached hydrogens (primary N) is 1. The van der Waals surface area contributed by atoms with E-state index in [1.807, 2.05) is 0 Å². The van der Waals surface area contributed by atoms with Gasteiger partial charge in [0, 0.05) is 11.6 Å². The largest absolute Gasteiger partial charge is 0.496 e. The van der Waals surface area contributed by atoms with E-state index in [-0.39, 0.29) is 24.1 Å². The number of rotatable bonds is 4. The molecule has 0 heterocycles. The van der Waals surface area contributed by atoms with Crippen LogP contribution < -0.4 is 10.5 Å². The molecule has 1 aromatic rings. The van der Waals surface area contributed by atoms with Crippen LogP contribution in [0.1, 0.15) is 30.9 Å². The number of hydrogen-bond donors (Lipinski definition) is 2. The molecule has 0 unspecified atom stereocenters. The molecule has 102 valence electrons. The quantitative estimate of drug-likeness (QED) is 0.887. The van der Waals surface area contributed by atoms with Crippen LogP contribution in [-0.4, -0.2) is 18.3 Å². The summed E-state index contributed by atoms with van der Waals surface area (Å²) < 4.78 is 18.1. The summed E-state index contributed by atoms with van der Waals surface area (Å²) in [6, 6.07) is 3.70. The summed E-state index contributed by atoms with van der Waals surface area (Å²) in [6.07, 6.45) is 2.59. The van der Waals surface area contributed by atoms with Crippen molar-refractivity contribution in [3.8, 4) is 5.75 Å². The molecule has 0 saturated heterocycles. The second kappa shape index (κ2) is 6.36. The topological polar surface area (TPSA) is 55.5 Å². The Balaban J connectivity index is 0.00000162.